The highest BCUT2D eigenvalue weighted by Crippen LogP contribution is 2.19. The predicted molar refractivity (Wildman–Crippen MR) is 113 cm³/mol. The number of anilines is 1. The molecule has 0 fully saturated rings. The molecular formula is C22H23N3O5. The third kappa shape index (κ3) is 4.48. The van der Waals surface area contributed by atoms with E-state index in [2.05, 4.69) is 9.97 Å². The van der Waals surface area contributed by atoms with Crippen molar-refractivity contribution >= 4 is 28.5 Å². The molecule has 0 unspecified atom stereocenters. The van der Waals surface area contributed by atoms with Gasteiger partial charge in [0.2, 0.25) is 0 Å². The summed E-state index contributed by atoms with van der Waals surface area (Å²) in [4.78, 5) is 45.6. The molecule has 0 aliphatic carbocycles. The van der Waals surface area contributed by atoms with Gasteiger partial charge in [-0.05, 0) is 50.2 Å². The largest absolute Gasteiger partial charge is 0.465 e. The maximum atomic E-state index is 12.5. The average Bonchev–Trinajstić information content (AvgIpc) is 2.76. The maximum Gasteiger partial charge on any atom is 0.338 e. The van der Waals surface area contributed by atoms with Crippen molar-refractivity contribution in [1.29, 1.82) is 0 Å². The quantitative estimate of drug-likeness (QED) is 0.599. The number of hydrogen-bond acceptors (Lipinski definition) is 7. The van der Waals surface area contributed by atoms with Crippen LogP contribution >= 0.6 is 0 Å². The van der Waals surface area contributed by atoms with Gasteiger partial charge in [-0.25, -0.2) is 14.6 Å². The fraction of sp³-hybridized carbons (Fsp3) is 0.273. The van der Waals surface area contributed by atoms with Gasteiger partial charge >= 0.3 is 11.9 Å². The molecule has 0 saturated carbocycles. The van der Waals surface area contributed by atoms with E-state index in [4.69, 9.17) is 9.47 Å². The zero-order chi connectivity index (χ0) is 21.7. The Hall–Kier alpha value is -3.68. The van der Waals surface area contributed by atoms with Crippen molar-refractivity contribution in [3.05, 3.63) is 69.8 Å². The van der Waals surface area contributed by atoms with E-state index >= 15 is 0 Å². The zero-order valence-corrected chi connectivity index (χ0v) is 17.1. The Balaban J connectivity index is 1.93. The summed E-state index contributed by atoms with van der Waals surface area (Å²) >= 11 is 0. The van der Waals surface area contributed by atoms with Crippen molar-refractivity contribution in [2.45, 2.75) is 20.4 Å². The van der Waals surface area contributed by atoms with E-state index in [0.717, 1.165) is 5.69 Å². The molecule has 1 N–H and O–H groups in total. The molecule has 8 heteroatoms. The van der Waals surface area contributed by atoms with Crippen molar-refractivity contribution < 1.29 is 19.1 Å². The van der Waals surface area contributed by atoms with Crippen LogP contribution in [0.1, 0.15) is 40.4 Å². The first kappa shape index (κ1) is 21.0. The number of esters is 2. The molecule has 1 heterocycles. The molecule has 1 aromatic heterocycles. The minimum Gasteiger partial charge on any atom is -0.465 e. The third-order valence-corrected chi connectivity index (χ3v) is 4.62. The number of aromatic nitrogens is 2. The summed E-state index contributed by atoms with van der Waals surface area (Å²) in [5, 5.41) is 0.388. The molecule has 0 spiro atoms. The Morgan fingerprint density at radius 3 is 2.53 bits per heavy atom. The molecule has 0 amide bonds. The molecule has 2 aromatic carbocycles. The smallest absolute Gasteiger partial charge is 0.338 e. The lowest BCUT2D eigenvalue weighted by atomic mass is 10.1. The first-order valence-corrected chi connectivity index (χ1v) is 9.60. The van der Waals surface area contributed by atoms with Crippen LogP contribution in [0, 0.1) is 0 Å². The Labute approximate surface area is 173 Å². The molecular weight excluding hydrogens is 386 g/mol. The highest BCUT2D eigenvalue weighted by Gasteiger charge is 2.14. The lowest BCUT2D eigenvalue weighted by Crippen LogP contribution is -2.25. The Kier molecular flexibility index (Phi) is 6.46. The second-order valence-corrected chi connectivity index (χ2v) is 6.52. The summed E-state index contributed by atoms with van der Waals surface area (Å²) in [7, 11) is 1.30. The number of nitrogens with one attached hydrogen (secondary N) is 1. The topological polar surface area (TPSA) is 102 Å². The van der Waals surface area contributed by atoms with E-state index in [1.54, 1.807) is 31.2 Å². The van der Waals surface area contributed by atoms with E-state index in [1.807, 2.05) is 17.9 Å². The number of methoxy groups -OCH3 is 1. The molecule has 0 bridgehead atoms. The number of H-pyrrole nitrogens is 1. The normalized spacial score (nSPS) is 10.6. The van der Waals surface area contributed by atoms with Crippen LogP contribution in [-0.2, 0) is 16.0 Å². The molecule has 0 aliphatic rings. The van der Waals surface area contributed by atoms with Crippen LogP contribution in [0.2, 0.25) is 0 Å². The summed E-state index contributed by atoms with van der Waals surface area (Å²) < 4.78 is 9.80. The summed E-state index contributed by atoms with van der Waals surface area (Å²) in [5.41, 5.74) is 1.70. The first-order valence-electron chi connectivity index (χ1n) is 9.60. The van der Waals surface area contributed by atoms with Crippen LogP contribution in [0.5, 0.6) is 0 Å². The number of hydrogen-bond donors (Lipinski definition) is 1. The van der Waals surface area contributed by atoms with Gasteiger partial charge in [-0.2, -0.15) is 0 Å². The Morgan fingerprint density at radius 1 is 1.07 bits per heavy atom. The minimum absolute atomic E-state index is 0.289. The van der Waals surface area contributed by atoms with Crippen molar-refractivity contribution in [2.24, 2.45) is 0 Å². The van der Waals surface area contributed by atoms with Crippen LogP contribution < -0.4 is 10.5 Å². The van der Waals surface area contributed by atoms with Gasteiger partial charge < -0.3 is 19.4 Å². The van der Waals surface area contributed by atoms with Gasteiger partial charge in [-0.1, -0.05) is 6.07 Å². The molecule has 0 saturated heterocycles. The van der Waals surface area contributed by atoms with E-state index < -0.39 is 5.97 Å². The SMILES string of the molecule is CCOC(=O)c1cccc(N(CC)Cc2nc3cc(C(=O)OC)ccc3c(=O)[nH]2)c1. The summed E-state index contributed by atoms with van der Waals surface area (Å²) in [6.07, 6.45) is 0. The van der Waals surface area contributed by atoms with Crippen molar-refractivity contribution in [2.75, 3.05) is 25.2 Å². The zero-order valence-electron chi connectivity index (χ0n) is 17.1. The lowest BCUT2D eigenvalue weighted by molar-refractivity contribution is 0.0525. The number of carbonyl (C=O) groups excluding carboxylic acids is 2. The standard InChI is InChI=1S/C22H23N3O5/c1-4-25(16-8-6-7-14(11-16)22(28)30-5-2)13-19-23-18-12-15(21(27)29-3)9-10-17(18)20(26)24-19/h6-12H,4-5,13H2,1-3H3,(H,23,24,26). The fourth-order valence-electron chi connectivity index (χ4n) is 3.12. The third-order valence-electron chi connectivity index (χ3n) is 4.62. The summed E-state index contributed by atoms with van der Waals surface area (Å²) in [5.74, 6) is -0.438. The molecule has 0 atom stereocenters. The highest BCUT2D eigenvalue weighted by molar-refractivity contribution is 5.94. The van der Waals surface area contributed by atoms with Crippen LogP contribution in [0.4, 0.5) is 5.69 Å². The average molecular weight is 409 g/mol. The number of carbonyl (C=O) groups is 2. The van der Waals surface area contributed by atoms with Gasteiger partial charge in [0, 0.05) is 12.2 Å². The fourth-order valence-corrected chi connectivity index (χ4v) is 3.12. The lowest BCUT2D eigenvalue weighted by Gasteiger charge is -2.23. The van der Waals surface area contributed by atoms with Gasteiger partial charge in [0.05, 0.1) is 42.3 Å². The number of fused-ring (bicyclic) bond motifs is 1. The molecule has 8 nitrogen and oxygen atoms in total. The maximum absolute atomic E-state index is 12.5. The van der Waals surface area contributed by atoms with Gasteiger partial charge in [-0.15, -0.1) is 0 Å². The van der Waals surface area contributed by atoms with Gasteiger partial charge in [0.15, 0.2) is 0 Å². The van der Waals surface area contributed by atoms with Crippen LogP contribution in [0.3, 0.4) is 0 Å². The number of benzene rings is 2. The highest BCUT2D eigenvalue weighted by atomic mass is 16.5. The number of ether oxygens (including phenoxy) is 2. The summed E-state index contributed by atoms with van der Waals surface area (Å²) in [6.45, 7) is 4.96. The van der Waals surface area contributed by atoms with Crippen LogP contribution in [-0.4, -0.2) is 42.2 Å². The van der Waals surface area contributed by atoms with Gasteiger partial charge in [-0.3, -0.25) is 4.79 Å². The number of aromatic amines is 1. The Morgan fingerprint density at radius 2 is 1.83 bits per heavy atom. The molecule has 3 aromatic rings. The predicted octanol–water partition coefficient (Wildman–Crippen LogP) is 2.91. The van der Waals surface area contributed by atoms with Crippen molar-refractivity contribution in [3.63, 3.8) is 0 Å². The van der Waals surface area contributed by atoms with Crippen molar-refractivity contribution in [3.8, 4) is 0 Å². The molecule has 0 radical (unpaired) electrons. The molecule has 30 heavy (non-hydrogen) atoms. The van der Waals surface area contributed by atoms with E-state index in [9.17, 15) is 14.4 Å². The molecule has 0 aliphatic heterocycles. The van der Waals surface area contributed by atoms with E-state index in [1.165, 1.54) is 19.2 Å². The minimum atomic E-state index is -0.494. The van der Waals surface area contributed by atoms with Crippen molar-refractivity contribution in [1.82, 2.24) is 9.97 Å². The van der Waals surface area contributed by atoms with Gasteiger partial charge in [0.25, 0.3) is 5.56 Å². The monoisotopic (exact) mass is 409 g/mol. The molecule has 156 valence electrons. The van der Waals surface area contributed by atoms with E-state index in [0.29, 0.717) is 47.6 Å². The van der Waals surface area contributed by atoms with Crippen LogP contribution in [0.25, 0.3) is 10.9 Å². The second-order valence-electron chi connectivity index (χ2n) is 6.52. The Bertz CT molecular complexity index is 1140. The van der Waals surface area contributed by atoms with Crippen LogP contribution in [0.15, 0.2) is 47.3 Å². The molecule has 3 rings (SSSR count). The van der Waals surface area contributed by atoms with Gasteiger partial charge in [0.1, 0.15) is 5.82 Å². The number of nitrogens with zero attached hydrogens (tertiary/aromatic N) is 2. The van der Waals surface area contributed by atoms with E-state index in [-0.39, 0.29) is 11.5 Å². The first-order chi connectivity index (χ1) is 14.5. The number of rotatable bonds is 7. The summed E-state index contributed by atoms with van der Waals surface area (Å²) in [6, 6.07) is 11.7. The second kappa shape index (κ2) is 9.21.